The number of hydrogen-bond acceptors (Lipinski definition) is 6. The Bertz CT molecular complexity index is 1040. The lowest BCUT2D eigenvalue weighted by atomic mass is 10.0. The average Bonchev–Trinajstić information content (AvgIpc) is 3.16. The molecule has 2 aromatic heterocycles. The Balaban J connectivity index is 1.52. The smallest absolute Gasteiger partial charge is 0.224 e. The number of carbonyl (C=O) groups excluding carboxylic acids is 1. The first-order valence-electron chi connectivity index (χ1n) is 8.46. The first kappa shape index (κ1) is 15.4. The highest BCUT2D eigenvalue weighted by atomic mass is 32.2. The van der Waals surface area contributed by atoms with Crippen molar-refractivity contribution in [1.82, 2.24) is 19.9 Å². The topological polar surface area (TPSA) is 86.8 Å². The van der Waals surface area contributed by atoms with E-state index < -0.39 is 0 Å². The molecule has 0 radical (unpaired) electrons. The molecular weight excluding hydrogens is 348 g/mol. The van der Waals surface area contributed by atoms with Crippen LogP contribution in [0.2, 0.25) is 0 Å². The quantitative estimate of drug-likeness (QED) is 0.727. The van der Waals surface area contributed by atoms with Crippen LogP contribution >= 0.6 is 11.8 Å². The molecule has 0 unspecified atom stereocenters. The molecule has 2 aliphatic heterocycles. The van der Waals surface area contributed by atoms with Crippen LogP contribution in [0.15, 0.2) is 37.1 Å². The lowest BCUT2D eigenvalue weighted by Crippen LogP contribution is -2.24. The molecule has 0 saturated heterocycles. The number of amides is 1. The molecule has 4 heterocycles. The summed E-state index contributed by atoms with van der Waals surface area (Å²) >= 11 is 1.81. The minimum absolute atomic E-state index is 0.0865. The number of aromatic nitrogens is 4. The third kappa shape index (κ3) is 2.62. The molecule has 0 bridgehead atoms. The van der Waals surface area contributed by atoms with Gasteiger partial charge in [-0.25, -0.2) is 15.0 Å². The van der Waals surface area contributed by atoms with Crippen molar-refractivity contribution >= 4 is 45.2 Å². The molecule has 2 N–H and O–H groups in total. The van der Waals surface area contributed by atoms with Gasteiger partial charge >= 0.3 is 0 Å². The maximum Gasteiger partial charge on any atom is 0.224 e. The van der Waals surface area contributed by atoms with Crippen molar-refractivity contribution in [3.63, 3.8) is 0 Å². The Hall–Kier alpha value is -2.87. The summed E-state index contributed by atoms with van der Waals surface area (Å²) in [4.78, 5) is 31.0. The van der Waals surface area contributed by atoms with Crippen LogP contribution in [0, 0.1) is 0 Å². The van der Waals surface area contributed by atoms with Gasteiger partial charge in [0.1, 0.15) is 6.33 Å². The zero-order valence-corrected chi connectivity index (χ0v) is 14.7. The van der Waals surface area contributed by atoms with Crippen LogP contribution < -0.4 is 10.2 Å². The van der Waals surface area contributed by atoms with E-state index in [1.807, 2.05) is 11.8 Å². The zero-order chi connectivity index (χ0) is 17.5. The predicted molar refractivity (Wildman–Crippen MR) is 103 cm³/mol. The van der Waals surface area contributed by atoms with E-state index in [-0.39, 0.29) is 5.91 Å². The van der Waals surface area contributed by atoms with Crippen molar-refractivity contribution < 1.29 is 4.79 Å². The van der Waals surface area contributed by atoms with Gasteiger partial charge in [-0.3, -0.25) is 4.79 Å². The van der Waals surface area contributed by atoms with E-state index >= 15 is 0 Å². The van der Waals surface area contributed by atoms with Gasteiger partial charge in [-0.1, -0.05) is 12.1 Å². The summed E-state index contributed by atoms with van der Waals surface area (Å²) in [5.41, 5.74) is 4.73. The maximum atomic E-state index is 11.7. The normalized spacial score (nSPS) is 17.0. The number of H-pyrrole nitrogens is 1. The van der Waals surface area contributed by atoms with Crippen molar-refractivity contribution in [2.45, 2.75) is 12.8 Å². The number of benzene rings is 1. The maximum absolute atomic E-state index is 11.7. The highest BCUT2D eigenvalue weighted by Gasteiger charge is 2.20. The van der Waals surface area contributed by atoms with Crippen LogP contribution in [-0.4, -0.2) is 38.1 Å². The van der Waals surface area contributed by atoms with Gasteiger partial charge < -0.3 is 15.2 Å². The van der Waals surface area contributed by atoms with Gasteiger partial charge in [-0.2, -0.15) is 0 Å². The molecule has 26 heavy (non-hydrogen) atoms. The molecule has 0 aliphatic carbocycles. The third-order valence-corrected chi connectivity index (χ3v) is 5.66. The Kier molecular flexibility index (Phi) is 3.63. The molecule has 5 rings (SSSR count). The van der Waals surface area contributed by atoms with Crippen LogP contribution in [-0.2, 0) is 11.2 Å². The fraction of sp³-hybridized carbons (Fsp3) is 0.222. The lowest BCUT2D eigenvalue weighted by molar-refractivity contribution is -0.116. The third-order valence-electron chi connectivity index (χ3n) is 4.62. The zero-order valence-electron chi connectivity index (χ0n) is 13.9. The van der Waals surface area contributed by atoms with Gasteiger partial charge in [0.2, 0.25) is 5.91 Å². The second-order valence-corrected chi connectivity index (χ2v) is 7.39. The number of nitrogens with one attached hydrogen (secondary N) is 2. The second kappa shape index (κ2) is 6.14. The molecule has 3 aromatic rings. The number of aromatic amines is 1. The summed E-state index contributed by atoms with van der Waals surface area (Å²) in [5, 5.41) is 2.98. The van der Waals surface area contributed by atoms with Crippen molar-refractivity contribution in [1.29, 1.82) is 0 Å². The van der Waals surface area contributed by atoms with Gasteiger partial charge in [-0.15, -0.1) is 11.8 Å². The molecule has 130 valence electrons. The fourth-order valence-corrected chi connectivity index (χ4v) is 4.31. The number of thioether (sulfide) groups is 1. The Morgan fingerprint density at radius 3 is 3.08 bits per heavy atom. The summed E-state index contributed by atoms with van der Waals surface area (Å²) < 4.78 is 0. The minimum Gasteiger partial charge on any atom is -0.329 e. The molecule has 2 aliphatic rings. The number of nitrogens with zero attached hydrogens (tertiary/aromatic N) is 4. The van der Waals surface area contributed by atoms with E-state index in [9.17, 15) is 4.79 Å². The fourth-order valence-electron chi connectivity index (χ4n) is 3.31. The summed E-state index contributed by atoms with van der Waals surface area (Å²) in [7, 11) is 0. The van der Waals surface area contributed by atoms with Crippen LogP contribution in [0.1, 0.15) is 17.5 Å². The first-order chi connectivity index (χ1) is 12.8. The number of rotatable bonds is 2. The summed E-state index contributed by atoms with van der Waals surface area (Å²) in [5.74, 6) is 1.84. The molecule has 0 fully saturated rings. The molecule has 8 heteroatoms. The highest BCUT2D eigenvalue weighted by Crippen LogP contribution is 2.36. The summed E-state index contributed by atoms with van der Waals surface area (Å²) in [6, 6.07) is 6.31. The monoisotopic (exact) mass is 364 g/mol. The van der Waals surface area contributed by atoms with E-state index in [0.29, 0.717) is 6.42 Å². The minimum atomic E-state index is 0.0865. The molecule has 0 spiro atoms. The number of fused-ring (bicyclic) bond motifs is 2. The molecule has 1 aromatic carbocycles. The number of carbonyl (C=O) groups is 1. The Labute approximate surface area is 153 Å². The Morgan fingerprint density at radius 1 is 1.15 bits per heavy atom. The molecule has 0 saturated carbocycles. The summed E-state index contributed by atoms with van der Waals surface area (Å²) in [6.07, 6.45) is 6.66. The van der Waals surface area contributed by atoms with E-state index in [0.717, 1.165) is 51.9 Å². The number of hydrogen-bond donors (Lipinski definition) is 2. The average molecular weight is 364 g/mol. The van der Waals surface area contributed by atoms with E-state index in [2.05, 4.69) is 54.6 Å². The number of imidazole rings is 1. The SMILES string of the molecule is O=C1CCc2ccc(C3=CN(c4ncnc5[nH]cnc45)CCS3)cc2N1. The summed E-state index contributed by atoms with van der Waals surface area (Å²) in [6.45, 7) is 0.856. The van der Waals surface area contributed by atoms with Crippen LogP contribution in [0.5, 0.6) is 0 Å². The molecule has 1 amide bonds. The van der Waals surface area contributed by atoms with Crippen LogP contribution in [0.3, 0.4) is 0 Å². The van der Waals surface area contributed by atoms with Gasteiger partial charge in [0.05, 0.1) is 6.33 Å². The van der Waals surface area contributed by atoms with Gasteiger partial charge in [-0.05, 0) is 23.6 Å². The molecule has 7 nitrogen and oxygen atoms in total. The van der Waals surface area contributed by atoms with Crippen molar-refractivity contribution in [3.8, 4) is 0 Å². The van der Waals surface area contributed by atoms with Gasteiger partial charge in [0, 0.05) is 35.5 Å². The standard InChI is InChI=1S/C18H16N6OS/c25-15-4-3-11-1-2-12(7-13(11)23-15)14-8-24(5-6-26-14)18-16-17(20-9-19-16)21-10-22-18/h1-2,7-10H,3-6H2,(H,23,25)(H,19,20,21,22). The van der Waals surface area contributed by atoms with Gasteiger partial charge in [0.25, 0.3) is 0 Å². The van der Waals surface area contributed by atoms with E-state index in [1.165, 1.54) is 5.56 Å². The number of aryl methyl sites for hydroxylation is 1. The Morgan fingerprint density at radius 2 is 2.12 bits per heavy atom. The van der Waals surface area contributed by atoms with Crippen LogP contribution in [0.25, 0.3) is 16.1 Å². The van der Waals surface area contributed by atoms with Crippen molar-refractivity contribution in [3.05, 3.63) is 48.2 Å². The predicted octanol–water partition coefficient (Wildman–Crippen LogP) is 2.79. The first-order valence-corrected chi connectivity index (χ1v) is 9.45. The van der Waals surface area contributed by atoms with E-state index in [4.69, 9.17) is 0 Å². The lowest BCUT2D eigenvalue weighted by Gasteiger charge is -2.26. The van der Waals surface area contributed by atoms with E-state index in [1.54, 1.807) is 12.7 Å². The van der Waals surface area contributed by atoms with Crippen molar-refractivity contribution in [2.24, 2.45) is 0 Å². The van der Waals surface area contributed by atoms with Gasteiger partial charge in [0.15, 0.2) is 17.0 Å². The largest absolute Gasteiger partial charge is 0.329 e. The number of anilines is 2. The van der Waals surface area contributed by atoms with Crippen molar-refractivity contribution in [2.75, 3.05) is 22.5 Å². The van der Waals surface area contributed by atoms with Crippen LogP contribution in [0.4, 0.5) is 11.5 Å². The molecule has 0 atom stereocenters. The molecular formula is C18H16N6OS. The second-order valence-electron chi connectivity index (χ2n) is 6.25. The highest BCUT2D eigenvalue weighted by molar-refractivity contribution is 8.08.